The van der Waals surface area contributed by atoms with Crippen molar-refractivity contribution in [3.8, 4) is 0 Å². The first-order valence-corrected chi connectivity index (χ1v) is 4.29. The quantitative estimate of drug-likeness (QED) is 0.746. The predicted molar refractivity (Wildman–Crippen MR) is 53.9 cm³/mol. The Kier molecular flexibility index (Phi) is 3.76. The van der Waals surface area contributed by atoms with Gasteiger partial charge in [0, 0.05) is 6.42 Å². The van der Waals surface area contributed by atoms with E-state index in [9.17, 15) is 4.79 Å². The first kappa shape index (κ1) is 9.52. The van der Waals surface area contributed by atoms with Gasteiger partial charge in [0.15, 0.2) is 0 Å². The number of rotatable bonds is 4. The Hall–Kier alpha value is -1.57. The first-order valence-electron chi connectivity index (χ1n) is 4.29. The number of nitrogens with two attached hydrogens (primary N) is 1. The van der Waals surface area contributed by atoms with E-state index in [4.69, 9.17) is 5.73 Å². The number of hydrogen-bond acceptors (Lipinski definition) is 1. The Morgan fingerprint density at radius 2 is 2.00 bits per heavy atom. The van der Waals surface area contributed by atoms with Gasteiger partial charge in [0.2, 0.25) is 5.91 Å². The molecular formula is C11H13NO. The highest BCUT2D eigenvalue weighted by molar-refractivity contribution is 5.74. The molecule has 1 amide bonds. The molecule has 0 fully saturated rings. The summed E-state index contributed by atoms with van der Waals surface area (Å²) in [6, 6.07) is 9.96. The number of benzene rings is 1. The van der Waals surface area contributed by atoms with Gasteiger partial charge in [0.1, 0.15) is 0 Å². The van der Waals surface area contributed by atoms with Gasteiger partial charge < -0.3 is 5.73 Å². The highest BCUT2D eigenvalue weighted by Gasteiger charge is 1.89. The van der Waals surface area contributed by atoms with E-state index in [0.717, 1.165) is 5.56 Å². The maximum atomic E-state index is 10.4. The molecule has 0 heterocycles. The summed E-state index contributed by atoms with van der Waals surface area (Å²) in [6.45, 7) is 0. The van der Waals surface area contributed by atoms with Gasteiger partial charge in [0.05, 0.1) is 0 Å². The lowest BCUT2D eigenvalue weighted by Gasteiger charge is -1.91. The van der Waals surface area contributed by atoms with Crippen molar-refractivity contribution in [2.24, 2.45) is 5.73 Å². The summed E-state index contributed by atoms with van der Waals surface area (Å²) < 4.78 is 0. The smallest absolute Gasteiger partial charge is 0.217 e. The molecule has 0 unspecified atom stereocenters. The van der Waals surface area contributed by atoms with Gasteiger partial charge in [0.25, 0.3) is 0 Å². The monoisotopic (exact) mass is 175 g/mol. The third kappa shape index (κ3) is 4.11. The van der Waals surface area contributed by atoms with Crippen molar-refractivity contribution >= 4 is 12.0 Å². The van der Waals surface area contributed by atoms with Gasteiger partial charge in [-0.1, -0.05) is 42.5 Å². The summed E-state index contributed by atoms with van der Waals surface area (Å²) in [5, 5.41) is 0. The fourth-order valence-electron chi connectivity index (χ4n) is 1.01. The SMILES string of the molecule is NC(=O)CC/C=C/c1ccccc1. The number of carbonyl (C=O) groups excluding carboxylic acids is 1. The van der Waals surface area contributed by atoms with Crippen molar-refractivity contribution in [3.05, 3.63) is 42.0 Å². The normalized spacial score (nSPS) is 10.5. The molecular weight excluding hydrogens is 162 g/mol. The van der Waals surface area contributed by atoms with E-state index in [1.54, 1.807) is 0 Å². The second-order valence-corrected chi connectivity index (χ2v) is 2.82. The molecule has 1 aromatic carbocycles. The minimum atomic E-state index is -0.252. The van der Waals surface area contributed by atoms with Crippen LogP contribution in [0.2, 0.25) is 0 Å². The van der Waals surface area contributed by atoms with Crippen LogP contribution < -0.4 is 5.73 Å². The fourth-order valence-corrected chi connectivity index (χ4v) is 1.01. The Morgan fingerprint density at radius 3 is 2.62 bits per heavy atom. The van der Waals surface area contributed by atoms with Crippen LogP contribution in [-0.2, 0) is 4.79 Å². The van der Waals surface area contributed by atoms with E-state index in [1.807, 2.05) is 42.5 Å². The van der Waals surface area contributed by atoms with Crippen LogP contribution in [-0.4, -0.2) is 5.91 Å². The molecule has 2 heteroatoms. The molecule has 2 N–H and O–H groups in total. The zero-order chi connectivity index (χ0) is 9.52. The molecule has 0 atom stereocenters. The van der Waals surface area contributed by atoms with Crippen LogP contribution in [0.3, 0.4) is 0 Å². The average molecular weight is 175 g/mol. The van der Waals surface area contributed by atoms with Gasteiger partial charge in [-0.05, 0) is 12.0 Å². The van der Waals surface area contributed by atoms with Crippen LogP contribution in [0, 0.1) is 0 Å². The fraction of sp³-hybridized carbons (Fsp3) is 0.182. The molecule has 0 saturated heterocycles. The zero-order valence-corrected chi connectivity index (χ0v) is 7.44. The van der Waals surface area contributed by atoms with E-state index in [2.05, 4.69) is 0 Å². The minimum Gasteiger partial charge on any atom is -0.370 e. The summed E-state index contributed by atoms with van der Waals surface area (Å²) in [6.07, 6.45) is 5.08. The van der Waals surface area contributed by atoms with Gasteiger partial charge in [-0.25, -0.2) is 0 Å². The summed E-state index contributed by atoms with van der Waals surface area (Å²) >= 11 is 0. The molecule has 0 aromatic heterocycles. The molecule has 0 spiro atoms. The van der Waals surface area contributed by atoms with Gasteiger partial charge in [-0.15, -0.1) is 0 Å². The Bertz CT molecular complexity index is 290. The van der Waals surface area contributed by atoms with Crippen molar-refractivity contribution in [3.63, 3.8) is 0 Å². The third-order valence-corrected chi connectivity index (χ3v) is 1.67. The number of primary amides is 1. The van der Waals surface area contributed by atoms with Crippen molar-refractivity contribution in [2.45, 2.75) is 12.8 Å². The van der Waals surface area contributed by atoms with Crippen molar-refractivity contribution in [1.82, 2.24) is 0 Å². The van der Waals surface area contributed by atoms with E-state index in [0.29, 0.717) is 12.8 Å². The lowest BCUT2D eigenvalue weighted by atomic mass is 10.2. The molecule has 0 bridgehead atoms. The van der Waals surface area contributed by atoms with Crippen LogP contribution in [0.15, 0.2) is 36.4 Å². The molecule has 13 heavy (non-hydrogen) atoms. The average Bonchev–Trinajstić information content (AvgIpc) is 2.14. The molecule has 0 saturated carbocycles. The van der Waals surface area contributed by atoms with Crippen molar-refractivity contribution < 1.29 is 4.79 Å². The van der Waals surface area contributed by atoms with Crippen molar-refractivity contribution in [1.29, 1.82) is 0 Å². The maximum Gasteiger partial charge on any atom is 0.217 e. The topological polar surface area (TPSA) is 43.1 Å². The number of hydrogen-bond donors (Lipinski definition) is 1. The summed E-state index contributed by atoms with van der Waals surface area (Å²) in [5.74, 6) is -0.252. The highest BCUT2D eigenvalue weighted by Crippen LogP contribution is 2.02. The summed E-state index contributed by atoms with van der Waals surface area (Å²) in [5.41, 5.74) is 6.14. The van der Waals surface area contributed by atoms with E-state index < -0.39 is 0 Å². The van der Waals surface area contributed by atoms with Crippen LogP contribution >= 0.6 is 0 Å². The third-order valence-electron chi connectivity index (χ3n) is 1.67. The van der Waals surface area contributed by atoms with Crippen LogP contribution in [0.1, 0.15) is 18.4 Å². The Morgan fingerprint density at radius 1 is 1.31 bits per heavy atom. The van der Waals surface area contributed by atoms with Gasteiger partial charge in [-0.2, -0.15) is 0 Å². The molecule has 0 aliphatic carbocycles. The molecule has 0 radical (unpaired) electrons. The van der Waals surface area contributed by atoms with E-state index >= 15 is 0 Å². The molecule has 1 aromatic rings. The van der Waals surface area contributed by atoms with Crippen LogP contribution in [0.5, 0.6) is 0 Å². The van der Waals surface area contributed by atoms with Crippen LogP contribution in [0.4, 0.5) is 0 Å². The van der Waals surface area contributed by atoms with E-state index in [1.165, 1.54) is 0 Å². The number of allylic oxidation sites excluding steroid dienone is 1. The predicted octanol–water partition coefficient (Wildman–Crippen LogP) is 1.97. The Labute approximate surface area is 78.1 Å². The molecule has 2 nitrogen and oxygen atoms in total. The molecule has 1 rings (SSSR count). The number of carbonyl (C=O) groups is 1. The highest BCUT2D eigenvalue weighted by atomic mass is 16.1. The second kappa shape index (κ2) is 5.14. The van der Waals surface area contributed by atoms with Gasteiger partial charge in [-0.3, -0.25) is 4.79 Å². The van der Waals surface area contributed by atoms with Crippen molar-refractivity contribution in [2.75, 3.05) is 0 Å². The number of amides is 1. The Balaban J connectivity index is 2.37. The van der Waals surface area contributed by atoms with Crippen LogP contribution in [0.25, 0.3) is 6.08 Å². The standard InChI is InChI=1S/C11H13NO/c12-11(13)9-5-4-8-10-6-2-1-3-7-10/h1-4,6-8H,5,9H2,(H2,12,13)/b8-4+. The lowest BCUT2D eigenvalue weighted by Crippen LogP contribution is -2.08. The first-order chi connectivity index (χ1) is 6.29. The van der Waals surface area contributed by atoms with E-state index in [-0.39, 0.29) is 5.91 Å². The van der Waals surface area contributed by atoms with Gasteiger partial charge >= 0.3 is 0 Å². The second-order valence-electron chi connectivity index (χ2n) is 2.82. The maximum absolute atomic E-state index is 10.4. The largest absolute Gasteiger partial charge is 0.370 e. The zero-order valence-electron chi connectivity index (χ0n) is 7.44. The summed E-state index contributed by atoms with van der Waals surface area (Å²) in [4.78, 5) is 10.4. The molecule has 68 valence electrons. The minimum absolute atomic E-state index is 0.252. The molecule has 0 aliphatic heterocycles. The molecule has 0 aliphatic rings. The lowest BCUT2D eigenvalue weighted by molar-refractivity contribution is -0.117. The summed E-state index contributed by atoms with van der Waals surface area (Å²) in [7, 11) is 0.